The fourth-order valence-electron chi connectivity index (χ4n) is 2.26. The van der Waals surface area contributed by atoms with Gasteiger partial charge in [-0.15, -0.1) is 0 Å². The lowest BCUT2D eigenvalue weighted by Crippen LogP contribution is -2.33. The van der Waals surface area contributed by atoms with Crippen LogP contribution in [0.4, 0.5) is 4.39 Å². The van der Waals surface area contributed by atoms with Gasteiger partial charge in [0.1, 0.15) is 18.4 Å². The number of nitrogens with zero attached hydrogens (tertiary/aromatic N) is 3. The maximum Gasteiger partial charge on any atom is 0.251 e. The molecule has 0 aliphatic heterocycles. The molecule has 0 saturated carbocycles. The Morgan fingerprint density at radius 2 is 2.04 bits per heavy atom. The topological polar surface area (TPSA) is 90.0 Å². The Morgan fingerprint density at radius 1 is 1.31 bits per heavy atom. The molecule has 9 heteroatoms. The van der Waals surface area contributed by atoms with Crippen molar-refractivity contribution in [3.05, 3.63) is 69.1 Å². The Labute approximate surface area is 156 Å². The molecule has 0 aliphatic rings. The Hall–Kier alpha value is -2.81. The van der Waals surface area contributed by atoms with Gasteiger partial charge in [-0.1, -0.05) is 5.16 Å². The summed E-state index contributed by atoms with van der Waals surface area (Å²) in [7, 11) is 0. The Kier molecular flexibility index (Phi) is 5.27. The molecule has 0 bridgehead atoms. The zero-order valence-corrected chi connectivity index (χ0v) is 15.2. The number of nitrogens with one attached hydrogen (secondary N) is 1. The van der Waals surface area contributed by atoms with Crippen LogP contribution in [0.5, 0.6) is 0 Å². The summed E-state index contributed by atoms with van der Waals surface area (Å²) in [5.74, 6) is -0.233. The van der Waals surface area contributed by atoms with Crippen molar-refractivity contribution in [3.63, 3.8) is 0 Å². The molecule has 1 amide bonds. The van der Waals surface area contributed by atoms with Crippen LogP contribution in [0, 0.1) is 5.82 Å². The summed E-state index contributed by atoms with van der Waals surface area (Å²) < 4.78 is 20.1. The van der Waals surface area contributed by atoms with Crippen LogP contribution in [0.25, 0.3) is 11.4 Å². The lowest BCUT2D eigenvalue weighted by molar-refractivity contribution is -0.122. The number of pyridine rings is 1. The van der Waals surface area contributed by atoms with Crippen molar-refractivity contribution >= 4 is 21.8 Å². The number of rotatable bonds is 5. The normalized spacial score (nSPS) is 12.0. The molecule has 134 valence electrons. The van der Waals surface area contributed by atoms with Gasteiger partial charge < -0.3 is 14.4 Å². The highest BCUT2D eigenvalue weighted by atomic mass is 79.9. The first-order valence-electron chi connectivity index (χ1n) is 7.67. The summed E-state index contributed by atoms with van der Waals surface area (Å²) in [5, 5.41) is 6.53. The van der Waals surface area contributed by atoms with Gasteiger partial charge in [-0.25, -0.2) is 4.39 Å². The van der Waals surface area contributed by atoms with Crippen LogP contribution in [-0.4, -0.2) is 20.6 Å². The molecule has 3 aromatic rings. The van der Waals surface area contributed by atoms with Gasteiger partial charge in [0.25, 0.3) is 5.56 Å². The molecule has 26 heavy (non-hydrogen) atoms. The minimum Gasteiger partial charge on any atom is -0.343 e. The van der Waals surface area contributed by atoms with E-state index in [0.717, 1.165) is 0 Å². The second-order valence-electron chi connectivity index (χ2n) is 5.57. The van der Waals surface area contributed by atoms with Crippen molar-refractivity contribution in [2.24, 2.45) is 0 Å². The number of amides is 1. The Bertz CT molecular complexity index is 984. The first kappa shape index (κ1) is 18.0. The van der Waals surface area contributed by atoms with Crippen molar-refractivity contribution in [1.82, 2.24) is 20.0 Å². The lowest BCUT2D eigenvalue weighted by Gasteiger charge is -2.11. The van der Waals surface area contributed by atoms with E-state index in [-0.39, 0.29) is 29.7 Å². The van der Waals surface area contributed by atoms with E-state index in [2.05, 4.69) is 31.4 Å². The third kappa shape index (κ3) is 4.23. The summed E-state index contributed by atoms with van der Waals surface area (Å²) in [6.45, 7) is 1.55. The second-order valence-corrected chi connectivity index (χ2v) is 6.48. The average molecular weight is 421 g/mol. The van der Waals surface area contributed by atoms with Crippen molar-refractivity contribution in [1.29, 1.82) is 0 Å². The number of hydrogen-bond acceptors (Lipinski definition) is 5. The van der Waals surface area contributed by atoms with Gasteiger partial charge in [-0.05, 0) is 53.2 Å². The highest BCUT2D eigenvalue weighted by Gasteiger charge is 2.18. The minimum atomic E-state index is -0.549. The van der Waals surface area contributed by atoms with Crippen LogP contribution >= 0.6 is 15.9 Å². The second kappa shape index (κ2) is 7.61. The van der Waals surface area contributed by atoms with Crippen molar-refractivity contribution in [2.45, 2.75) is 19.5 Å². The maximum atomic E-state index is 13.0. The summed E-state index contributed by atoms with van der Waals surface area (Å²) in [6.07, 6.45) is 1.53. The molecular formula is C17H14BrFN4O3. The van der Waals surface area contributed by atoms with Gasteiger partial charge in [0.05, 0.1) is 0 Å². The number of halogens is 2. The molecule has 3 rings (SSSR count). The van der Waals surface area contributed by atoms with E-state index >= 15 is 0 Å². The first-order chi connectivity index (χ1) is 12.4. The van der Waals surface area contributed by atoms with E-state index in [1.807, 2.05) is 0 Å². The van der Waals surface area contributed by atoms with Crippen molar-refractivity contribution in [3.8, 4) is 11.4 Å². The van der Waals surface area contributed by atoms with E-state index in [1.54, 1.807) is 13.0 Å². The highest BCUT2D eigenvalue weighted by molar-refractivity contribution is 9.10. The van der Waals surface area contributed by atoms with Crippen LogP contribution in [-0.2, 0) is 11.3 Å². The molecule has 0 aliphatic carbocycles. The lowest BCUT2D eigenvalue weighted by atomic mass is 10.2. The molecule has 2 heterocycles. The van der Waals surface area contributed by atoms with Crippen LogP contribution < -0.4 is 10.9 Å². The predicted octanol–water partition coefficient (Wildman–Crippen LogP) is 2.68. The number of aromatic nitrogens is 3. The molecule has 1 unspecified atom stereocenters. The first-order valence-corrected chi connectivity index (χ1v) is 8.46. The molecule has 2 aromatic heterocycles. The van der Waals surface area contributed by atoms with E-state index in [9.17, 15) is 14.0 Å². The molecule has 0 fully saturated rings. The molecule has 0 spiro atoms. The fraction of sp³-hybridized carbons (Fsp3) is 0.176. The van der Waals surface area contributed by atoms with E-state index in [4.69, 9.17) is 4.52 Å². The third-order valence-electron chi connectivity index (χ3n) is 3.55. The minimum absolute atomic E-state index is 0.137. The highest BCUT2D eigenvalue weighted by Crippen LogP contribution is 2.19. The van der Waals surface area contributed by atoms with Gasteiger partial charge in [0.2, 0.25) is 17.6 Å². The summed E-state index contributed by atoms with van der Waals surface area (Å²) >= 11 is 3.26. The summed E-state index contributed by atoms with van der Waals surface area (Å²) in [5.41, 5.74) is 0.313. The van der Waals surface area contributed by atoms with Gasteiger partial charge in [-0.2, -0.15) is 4.98 Å². The van der Waals surface area contributed by atoms with Crippen molar-refractivity contribution in [2.75, 3.05) is 0 Å². The number of hydrogen-bond donors (Lipinski definition) is 1. The van der Waals surface area contributed by atoms with E-state index in [0.29, 0.717) is 15.9 Å². The molecule has 0 saturated heterocycles. The quantitative estimate of drug-likeness (QED) is 0.684. The zero-order valence-electron chi connectivity index (χ0n) is 13.6. The number of carbonyl (C=O) groups excluding carboxylic acids is 1. The fourth-order valence-corrected chi connectivity index (χ4v) is 2.64. The number of carbonyl (C=O) groups is 1. The maximum absolute atomic E-state index is 13.0. The van der Waals surface area contributed by atoms with Crippen LogP contribution in [0.1, 0.15) is 18.9 Å². The van der Waals surface area contributed by atoms with Crippen LogP contribution in [0.2, 0.25) is 0 Å². The van der Waals surface area contributed by atoms with Gasteiger partial charge in [-0.3, -0.25) is 9.59 Å². The van der Waals surface area contributed by atoms with Crippen molar-refractivity contribution < 1.29 is 13.7 Å². The molecule has 0 radical (unpaired) electrons. The third-order valence-corrected chi connectivity index (χ3v) is 4.02. The largest absolute Gasteiger partial charge is 0.343 e. The Balaban J connectivity index is 1.67. The van der Waals surface area contributed by atoms with E-state index in [1.165, 1.54) is 41.1 Å². The summed E-state index contributed by atoms with van der Waals surface area (Å²) in [4.78, 5) is 28.1. The average Bonchev–Trinajstić information content (AvgIpc) is 3.09. The van der Waals surface area contributed by atoms with E-state index < -0.39 is 6.04 Å². The Morgan fingerprint density at radius 3 is 2.77 bits per heavy atom. The van der Waals surface area contributed by atoms with Gasteiger partial charge >= 0.3 is 0 Å². The number of benzene rings is 1. The monoisotopic (exact) mass is 420 g/mol. The summed E-state index contributed by atoms with van der Waals surface area (Å²) in [6, 6.07) is 8.09. The molecule has 1 N–H and O–H groups in total. The molecule has 7 nitrogen and oxygen atoms in total. The predicted molar refractivity (Wildman–Crippen MR) is 94.7 cm³/mol. The molecule has 1 aromatic carbocycles. The zero-order chi connectivity index (χ0) is 18.7. The van der Waals surface area contributed by atoms with Gasteiger partial charge in [0.15, 0.2) is 0 Å². The molecular weight excluding hydrogens is 407 g/mol. The standard InChI is InChI=1S/C17H14BrFN4O3/c1-10(20-14(24)9-23-8-12(18)4-7-15(23)25)17-21-16(22-26-17)11-2-5-13(19)6-3-11/h2-8,10H,9H2,1H3,(H,20,24). The molecule has 1 atom stereocenters. The SMILES string of the molecule is CC(NC(=O)Cn1cc(Br)ccc1=O)c1nc(-c2ccc(F)cc2)no1. The van der Waals surface area contributed by atoms with Crippen LogP contribution in [0.15, 0.2) is 56.4 Å². The van der Waals surface area contributed by atoms with Crippen LogP contribution in [0.3, 0.4) is 0 Å². The smallest absolute Gasteiger partial charge is 0.251 e. The van der Waals surface area contributed by atoms with Gasteiger partial charge in [0, 0.05) is 22.3 Å².